The lowest BCUT2D eigenvalue weighted by Gasteiger charge is -2.08. The second-order valence-electron chi connectivity index (χ2n) is 3.93. The third kappa shape index (κ3) is 3.38. The zero-order valence-corrected chi connectivity index (χ0v) is 11.1. The highest BCUT2D eigenvalue weighted by molar-refractivity contribution is 7.98. The van der Waals surface area contributed by atoms with E-state index in [-0.39, 0.29) is 5.69 Å². The van der Waals surface area contributed by atoms with Gasteiger partial charge in [-0.25, -0.2) is 0 Å². The van der Waals surface area contributed by atoms with Crippen molar-refractivity contribution in [3.05, 3.63) is 52.6 Å². The summed E-state index contributed by atoms with van der Waals surface area (Å²) in [6.45, 7) is 0. The molecule has 0 spiro atoms. The van der Waals surface area contributed by atoms with Gasteiger partial charge in [-0.05, 0) is 30.5 Å². The van der Waals surface area contributed by atoms with E-state index in [9.17, 15) is 10.1 Å². The molecule has 3 N–H and O–H groups in total. The van der Waals surface area contributed by atoms with Gasteiger partial charge in [-0.1, -0.05) is 6.07 Å². The van der Waals surface area contributed by atoms with E-state index in [1.165, 1.54) is 12.1 Å². The van der Waals surface area contributed by atoms with E-state index in [0.29, 0.717) is 11.4 Å². The first-order valence-corrected chi connectivity index (χ1v) is 6.77. The van der Waals surface area contributed by atoms with Gasteiger partial charge in [0.15, 0.2) is 0 Å². The Morgan fingerprint density at radius 1 is 1.21 bits per heavy atom. The van der Waals surface area contributed by atoms with Gasteiger partial charge in [0.25, 0.3) is 5.69 Å². The van der Waals surface area contributed by atoms with E-state index < -0.39 is 4.92 Å². The topological polar surface area (TPSA) is 81.2 Å². The summed E-state index contributed by atoms with van der Waals surface area (Å²) in [5, 5.41) is 13.9. The number of hydrogen-bond donors (Lipinski definition) is 2. The number of nitro benzene ring substituents is 1. The van der Waals surface area contributed by atoms with E-state index in [2.05, 4.69) is 5.32 Å². The van der Waals surface area contributed by atoms with Crippen molar-refractivity contribution in [2.75, 3.05) is 17.3 Å². The maximum absolute atomic E-state index is 10.8. The standard InChI is InChI=1S/C13H13N3O2S/c1-19-13-4-2-3-10(8-13)15-11-5-9(14)6-12(7-11)16(17)18/h2-8,15H,14H2,1H3. The molecule has 0 aliphatic carbocycles. The Balaban J connectivity index is 2.29. The molecule has 0 aliphatic heterocycles. The quantitative estimate of drug-likeness (QED) is 0.385. The molecule has 0 aromatic heterocycles. The molecule has 19 heavy (non-hydrogen) atoms. The molecule has 98 valence electrons. The predicted octanol–water partition coefficient (Wildman–Crippen LogP) is 3.64. The Kier molecular flexibility index (Phi) is 3.91. The van der Waals surface area contributed by atoms with Crippen molar-refractivity contribution in [1.82, 2.24) is 0 Å². The highest BCUT2D eigenvalue weighted by Crippen LogP contribution is 2.26. The van der Waals surface area contributed by atoms with Gasteiger partial charge in [-0.2, -0.15) is 0 Å². The molecule has 0 saturated carbocycles. The zero-order valence-electron chi connectivity index (χ0n) is 10.3. The maximum atomic E-state index is 10.8. The molecule has 2 rings (SSSR count). The number of nitrogens with one attached hydrogen (secondary N) is 1. The second kappa shape index (κ2) is 5.62. The maximum Gasteiger partial charge on any atom is 0.273 e. The molecular weight excluding hydrogens is 262 g/mol. The second-order valence-corrected chi connectivity index (χ2v) is 4.81. The highest BCUT2D eigenvalue weighted by Gasteiger charge is 2.08. The number of nitrogens with zero attached hydrogens (tertiary/aromatic N) is 1. The number of nitrogens with two attached hydrogens (primary N) is 1. The highest BCUT2D eigenvalue weighted by atomic mass is 32.2. The predicted molar refractivity (Wildman–Crippen MR) is 79.0 cm³/mol. The molecule has 0 fully saturated rings. The fourth-order valence-electron chi connectivity index (χ4n) is 1.68. The first-order chi connectivity index (χ1) is 9.08. The van der Waals surface area contributed by atoms with Crippen molar-refractivity contribution in [1.29, 1.82) is 0 Å². The fraction of sp³-hybridized carbons (Fsp3) is 0.0769. The summed E-state index contributed by atoms with van der Waals surface area (Å²) >= 11 is 1.63. The number of hydrogen-bond acceptors (Lipinski definition) is 5. The summed E-state index contributed by atoms with van der Waals surface area (Å²) in [7, 11) is 0. The van der Waals surface area contributed by atoms with Crippen molar-refractivity contribution in [3.8, 4) is 0 Å². The first-order valence-electron chi connectivity index (χ1n) is 5.54. The van der Waals surface area contributed by atoms with Gasteiger partial charge in [-0.15, -0.1) is 11.8 Å². The number of thioether (sulfide) groups is 1. The normalized spacial score (nSPS) is 10.2. The Morgan fingerprint density at radius 2 is 2.00 bits per heavy atom. The Hall–Kier alpha value is -2.21. The monoisotopic (exact) mass is 275 g/mol. The van der Waals surface area contributed by atoms with Crippen LogP contribution in [0.4, 0.5) is 22.7 Å². The van der Waals surface area contributed by atoms with Crippen LogP contribution < -0.4 is 11.1 Å². The van der Waals surface area contributed by atoms with Gasteiger partial charge < -0.3 is 11.1 Å². The minimum absolute atomic E-state index is 0.0245. The largest absolute Gasteiger partial charge is 0.398 e. The fourth-order valence-corrected chi connectivity index (χ4v) is 2.14. The number of anilines is 3. The summed E-state index contributed by atoms with van der Waals surface area (Å²) in [5.74, 6) is 0. The molecule has 5 nitrogen and oxygen atoms in total. The van der Waals surface area contributed by atoms with Crippen LogP contribution in [0.2, 0.25) is 0 Å². The zero-order chi connectivity index (χ0) is 13.8. The van der Waals surface area contributed by atoms with Crippen molar-refractivity contribution < 1.29 is 4.92 Å². The van der Waals surface area contributed by atoms with Gasteiger partial charge in [0.2, 0.25) is 0 Å². The summed E-state index contributed by atoms with van der Waals surface area (Å²) in [6, 6.07) is 12.3. The molecule has 0 atom stereocenters. The van der Waals surface area contributed by atoms with E-state index in [4.69, 9.17) is 5.73 Å². The summed E-state index contributed by atoms with van der Waals surface area (Å²) in [5.41, 5.74) is 7.46. The Bertz CT molecular complexity index is 617. The van der Waals surface area contributed by atoms with Gasteiger partial charge in [0.05, 0.1) is 4.92 Å². The van der Waals surface area contributed by atoms with Crippen LogP contribution in [0.1, 0.15) is 0 Å². The third-order valence-electron chi connectivity index (χ3n) is 2.51. The Labute approximate surface area is 115 Å². The van der Waals surface area contributed by atoms with E-state index in [1.807, 2.05) is 30.5 Å². The average molecular weight is 275 g/mol. The molecule has 0 saturated heterocycles. The van der Waals surface area contributed by atoms with Crippen molar-refractivity contribution >= 4 is 34.5 Å². The number of nitrogen functional groups attached to an aromatic ring is 1. The minimum atomic E-state index is -0.458. The van der Waals surface area contributed by atoms with Gasteiger partial charge in [-0.3, -0.25) is 10.1 Å². The van der Waals surface area contributed by atoms with Crippen LogP contribution in [0.5, 0.6) is 0 Å². The number of nitro groups is 1. The van der Waals surface area contributed by atoms with Crippen LogP contribution in [-0.2, 0) is 0 Å². The van der Waals surface area contributed by atoms with Crippen LogP contribution in [-0.4, -0.2) is 11.2 Å². The molecule has 0 unspecified atom stereocenters. The number of rotatable bonds is 4. The smallest absolute Gasteiger partial charge is 0.273 e. The van der Waals surface area contributed by atoms with Crippen LogP contribution >= 0.6 is 11.8 Å². The third-order valence-corrected chi connectivity index (χ3v) is 3.23. The van der Waals surface area contributed by atoms with E-state index >= 15 is 0 Å². The molecule has 0 bridgehead atoms. The van der Waals surface area contributed by atoms with Crippen LogP contribution in [0.25, 0.3) is 0 Å². The van der Waals surface area contributed by atoms with Gasteiger partial charge in [0, 0.05) is 34.1 Å². The molecule has 2 aromatic rings. The first kappa shape index (κ1) is 13.2. The van der Waals surface area contributed by atoms with Crippen molar-refractivity contribution in [2.24, 2.45) is 0 Å². The lowest BCUT2D eigenvalue weighted by atomic mass is 10.2. The average Bonchev–Trinajstić information content (AvgIpc) is 2.38. The molecule has 0 heterocycles. The van der Waals surface area contributed by atoms with E-state index in [0.717, 1.165) is 10.6 Å². The van der Waals surface area contributed by atoms with Crippen molar-refractivity contribution in [2.45, 2.75) is 4.90 Å². The molecule has 0 amide bonds. The summed E-state index contributed by atoms with van der Waals surface area (Å²) in [6.07, 6.45) is 1.99. The van der Waals surface area contributed by atoms with Crippen molar-refractivity contribution in [3.63, 3.8) is 0 Å². The molecular formula is C13H13N3O2S. The SMILES string of the molecule is CSc1cccc(Nc2cc(N)cc([N+](=O)[O-])c2)c1. The molecule has 0 radical (unpaired) electrons. The molecule has 6 heteroatoms. The van der Waals surface area contributed by atoms with E-state index in [1.54, 1.807) is 17.8 Å². The van der Waals surface area contributed by atoms with Crippen LogP contribution in [0, 0.1) is 10.1 Å². The number of non-ortho nitro benzene ring substituents is 1. The van der Waals surface area contributed by atoms with Crippen LogP contribution in [0.3, 0.4) is 0 Å². The molecule has 2 aromatic carbocycles. The molecule has 0 aliphatic rings. The lowest BCUT2D eigenvalue weighted by Crippen LogP contribution is -1.96. The summed E-state index contributed by atoms with van der Waals surface area (Å²) < 4.78 is 0. The lowest BCUT2D eigenvalue weighted by molar-refractivity contribution is -0.384. The van der Waals surface area contributed by atoms with Crippen LogP contribution in [0.15, 0.2) is 47.4 Å². The van der Waals surface area contributed by atoms with Gasteiger partial charge >= 0.3 is 0 Å². The Morgan fingerprint density at radius 3 is 2.68 bits per heavy atom. The van der Waals surface area contributed by atoms with Gasteiger partial charge in [0.1, 0.15) is 0 Å². The minimum Gasteiger partial charge on any atom is -0.398 e. The summed E-state index contributed by atoms with van der Waals surface area (Å²) in [4.78, 5) is 11.4. The number of benzene rings is 2.